The molecule has 250 valence electrons. The summed E-state index contributed by atoms with van der Waals surface area (Å²) in [5.41, 5.74) is 13.4. The maximum absolute atomic E-state index is 15.9. The number of nitrogens with one attached hydrogen (secondary N) is 2. The number of carbonyl (C=O) groups is 2. The third kappa shape index (κ3) is 7.75. The third-order valence-electron chi connectivity index (χ3n) is 11.2. The lowest BCUT2D eigenvalue weighted by molar-refractivity contribution is -0.546. The van der Waals surface area contributed by atoms with Crippen molar-refractivity contribution >= 4 is 18.0 Å². The number of hydrogen-bond donors (Lipinski definition) is 4. The normalized spacial score (nSPS) is 33.4. The van der Waals surface area contributed by atoms with E-state index in [1.807, 2.05) is 4.90 Å². The molecule has 5 heterocycles. The molecule has 4 saturated heterocycles. The lowest BCUT2D eigenvalue weighted by Crippen LogP contribution is -2.59. The maximum Gasteiger partial charge on any atom is 0.254 e. The summed E-state index contributed by atoms with van der Waals surface area (Å²) in [5, 5.41) is 6.51. The van der Waals surface area contributed by atoms with Gasteiger partial charge in [-0.3, -0.25) is 9.59 Å². The molecule has 5 aliphatic rings. The van der Waals surface area contributed by atoms with Crippen LogP contribution in [0.5, 0.6) is 0 Å². The fraction of sp³-hybridized carbons (Fsp3) is 0.735. The van der Waals surface area contributed by atoms with E-state index in [9.17, 15) is 14.0 Å². The third-order valence-corrected chi connectivity index (χ3v) is 11.2. The molecule has 0 radical (unpaired) electrons. The van der Waals surface area contributed by atoms with E-state index >= 15 is 4.39 Å². The van der Waals surface area contributed by atoms with Crippen LogP contribution in [0.25, 0.3) is 0 Å². The molecule has 0 spiro atoms. The Morgan fingerprint density at radius 2 is 1.91 bits per heavy atom. The minimum Gasteiger partial charge on any atom is -0.351 e. The number of carbonyl (C=O) groups excluding carboxylic acids is 2. The monoisotopic (exact) mass is 630 g/mol. The van der Waals surface area contributed by atoms with Crippen molar-refractivity contribution in [3.8, 4) is 0 Å². The van der Waals surface area contributed by atoms with Crippen LogP contribution >= 0.6 is 0 Å². The molecule has 2 amide bonds. The summed E-state index contributed by atoms with van der Waals surface area (Å²) in [6, 6.07) is 4.23. The van der Waals surface area contributed by atoms with Gasteiger partial charge < -0.3 is 31.9 Å². The number of halogens is 2. The van der Waals surface area contributed by atoms with Gasteiger partial charge in [0.2, 0.25) is 5.91 Å². The van der Waals surface area contributed by atoms with Gasteiger partial charge >= 0.3 is 0 Å². The zero-order valence-corrected chi connectivity index (χ0v) is 27.3. The van der Waals surface area contributed by atoms with Gasteiger partial charge in [-0.1, -0.05) is 26.3 Å². The molecular formula is C34H54F2N7O2+. The Balaban J connectivity index is 1.35. The first-order valence-corrected chi connectivity index (χ1v) is 17.1. The van der Waals surface area contributed by atoms with Crippen molar-refractivity contribution < 1.29 is 22.9 Å². The van der Waals surface area contributed by atoms with E-state index < -0.39 is 36.2 Å². The molecule has 6 N–H and O–H groups in total. The van der Waals surface area contributed by atoms with E-state index in [1.165, 1.54) is 6.07 Å². The van der Waals surface area contributed by atoms with E-state index in [2.05, 4.69) is 29.4 Å². The number of nitrogens with two attached hydrogens (primary N) is 2. The Kier molecular flexibility index (Phi) is 10.9. The van der Waals surface area contributed by atoms with Crippen molar-refractivity contribution in [1.82, 2.24) is 20.4 Å². The lowest BCUT2D eigenvalue weighted by Gasteiger charge is -2.37. The summed E-state index contributed by atoms with van der Waals surface area (Å²) in [5.74, 6) is -1.94. The number of nitrogens with zero attached hydrogens (tertiary/aromatic N) is 3. The smallest absolute Gasteiger partial charge is 0.254 e. The van der Waals surface area contributed by atoms with Crippen molar-refractivity contribution in [3.05, 3.63) is 35.1 Å². The van der Waals surface area contributed by atoms with Crippen molar-refractivity contribution in [2.75, 3.05) is 46.3 Å². The molecule has 6 rings (SSSR count). The Labute approximate surface area is 267 Å². The fourth-order valence-corrected chi connectivity index (χ4v) is 8.16. The maximum atomic E-state index is 15.9. The van der Waals surface area contributed by atoms with Crippen LogP contribution in [0.4, 0.5) is 8.78 Å². The molecule has 9 nitrogen and oxygen atoms in total. The molecule has 2 bridgehead atoms. The number of rotatable bonds is 7. The topological polar surface area (TPSA) is 120 Å². The summed E-state index contributed by atoms with van der Waals surface area (Å²) < 4.78 is 32.5. The van der Waals surface area contributed by atoms with Gasteiger partial charge in [0, 0.05) is 62.7 Å². The van der Waals surface area contributed by atoms with Crippen molar-refractivity contribution in [1.29, 1.82) is 0 Å². The SMILES string of the molecule is CCC1(C)CCCC(F)C=[N+](C)C(C(C(=O)NC2CNCCC2c2ccc(C(=O)N3CCN4CCC3CC4)cc2F)C(N)N)C1. The number of alkyl halides is 1. The number of piperidine rings is 2. The number of fused-ring (bicyclic) bond motifs is 4. The molecule has 5 aliphatic heterocycles. The second-order valence-corrected chi connectivity index (χ2v) is 14.3. The minimum absolute atomic E-state index is 0.0913. The van der Waals surface area contributed by atoms with E-state index in [0.29, 0.717) is 50.0 Å². The van der Waals surface area contributed by atoms with E-state index in [0.717, 1.165) is 51.7 Å². The highest BCUT2D eigenvalue weighted by Crippen LogP contribution is 2.37. The summed E-state index contributed by atoms with van der Waals surface area (Å²) >= 11 is 0. The van der Waals surface area contributed by atoms with Crippen molar-refractivity contribution in [3.63, 3.8) is 0 Å². The van der Waals surface area contributed by atoms with Gasteiger partial charge in [-0.25, -0.2) is 13.4 Å². The summed E-state index contributed by atoms with van der Waals surface area (Å²) in [4.78, 5) is 31.8. The van der Waals surface area contributed by atoms with Crippen LogP contribution in [0.2, 0.25) is 0 Å². The fourth-order valence-electron chi connectivity index (χ4n) is 8.16. The molecule has 0 aromatic heterocycles. The zero-order chi connectivity index (χ0) is 32.3. The van der Waals surface area contributed by atoms with Gasteiger partial charge in [0.1, 0.15) is 18.8 Å². The Morgan fingerprint density at radius 1 is 1.16 bits per heavy atom. The van der Waals surface area contributed by atoms with Crippen LogP contribution in [-0.2, 0) is 4.79 Å². The molecule has 0 aliphatic carbocycles. The summed E-state index contributed by atoms with van der Waals surface area (Å²) in [6.45, 7) is 8.98. The summed E-state index contributed by atoms with van der Waals surface area (Å²) in [6.07, 6.45) is 5.65. The first-order valence-electron chi connectivity index (χ1n) is 17.1. The molecule has 1 aromatic carbocycles. The molecule has 4 fully saturated rings. The van der Waals surface area contributed by atoms with Gasteiger partial charge in [0.05, 0.1) is 6.17 Å². The highest BCUT2D eigenvalue weighted by Gasteiger charge is 2.44. The van der Waals surface area contributed by atoms with Gasteiger partial charge in [0.25, 0.3) is 5.91 Å². The van der Waals surface area contributed by atoms with Crippen LogP contribution in [0.1, 0.15) is 87.1 Å². The number of amides is 2. The minimum atomic E-state index is -1.11. The van der Waals surface area contributed by atoms with E-state index in [1.54, 1.807) is 30.0 Å². The van der Waals surface area contributed by atoms with Gasteiger partial charge in [-0.05, 0) is 68.2 Å². The second kappa shape index (κ2) is 14.5. The van der Waals surface area contributed by atoms with Crippen LogP contribution in [0.3, 0.4) is 0 Å². The zero-order valence-electron chi connectivity index (χ0n) is 27.3. The molecule has 11 heteroatoms. The van der Waals surface area contributed by atoms with E-state index in [4.69, 9.17) is 11.5 Å². The molecule has 1 aromatic rings. The van der Waals surface area contributed by atoms with E-state index in [-0.39, 0.29) is 29.2 Å². The highest BCUT2D eigenvalue weighted by molar-refractivity contribution is 5.94. The quantitative estimate of drug-likeness (QED) is 0.272. The second-order valence-electron chi connectivity index (χ2n) is 14.3. The first kappa shape index (κ1) is 33.9. The largest absolute Gasteiger partial charge is 0.351 e. The van der Waals surface area contributed by atoms with Gasteiger partial charge in [0.15, 0.2) is 18.4 Å². The first-order chi connectivity index (χ1) is 21.5. The predicted molar refractivity (Wildman–Crippen MR) is 173 cm³/mol. The van der Waals surface area contributed by atoms with Crippen molar-refractivity contribution in [2.24, 2.45) is 22.8 Å². The van der Waals surface area contributed by atoms with Crippen LogP contribution < -0.4 is 22.1 Å². The Bertz CT molecular complexity index is 1240. The Hall–Kier alpha value is -2.47. The lowest BCUT2D eigenvalue weighted by atomic mass is 9.74. The average molecular weight is 631 g/mol. The highest BCUT2D eigenvalue weighted by atomic mass is 19.1. The van der Waals surface area contributed by atoms with Crippen molar-refractivity contribution in [2.45, 2.75) is 102 Å². The predicted octanol–water partition coefficient (Wildman–Crippen LogP) is 2.58. The summed E-state index contributed by atoms with van der Waals surface area (Å²) in [7, 11) is 1.80. The molecule has 6 atom stereocenters. The van der Waals surface area contributed by atoms with Gasteiger partial charge in [-0.15, -0.1) is 0 Å². The van der Waals surface area contributed by atoms with Gasteiger partial charge in [-0.2, -0.15) is 0 Å². The van der Waals surface area contributed by atoms with Crippen LogP contribution in [0, 0.1) is 17.2 Å². The standard InChI is InChI=1S/C34H53F2N7O2/c1-4-34(2)12-5-6-23(35)21-41(3)29(19-34)30(31(37)38)32(44)40-28-20-39-13-9-26(28)25-8-7-22(18-27(25)36)33(45)43-17-16-42-14-10-24(43)11-15-42/h7-8,18,21,23-24,26,28-31,39H,4-6,9-17,19-20,37-38H2,1-3H3/p+1. The number of hydrogen-bond acceptors (Lipinski definition) is 6. The number of benzene rings is 1. The molecule has 6 unspecified atom stereocenters. The van der Waals surface area contributed by atoms with Crippen LogP contribution in [-0.4, -0.2) is 109 Å². The molecule has 0 saturated carbocycles. The molecule has 45 heavy (non-hydrogen) atoms. The average Bonchev–Trinajstić information content (AvgIpc) is 3.32. The Morgan fingerprint density at radius 3 is 2.60 bits per heavy atom. The molecular weight excluding hydrogens is 576 g/mol. The van der Waals surface area contributed by atoms with Crippen LogP contribution in [0.15, 0.2) is 18.2 Å².